The molecular weight excluding hydrogens is 461 g/mol. The van der Waals surface area contributed by atoms with Crippen LogP contribution < -0.4 is 4.90 Å². The van der Waals surface area contributed by atoms with Crippen molar-refractivity contribution in [2.75, 3.05) is 11.5 Å². The fourth-order valence-electron chi connectivity index (χ4n) is 4.08. The predicted molar refractivity (Wildman–Crippen MR) is 135 cm³/mol. The lowest BCUT2D eigenvalue weighted by Crippen LogP contribution is -2.53. The second kappa shape index (κ2) is 11.5. The Balaban J connectivity index is 1.90. The summed E-state index contributed by atoms with van der Waals surface area (Å²) in [6.45, 7) is -0.208. The van der Waals surface area contributed by atoms with Gasteiger partial charge < -0.3 is 4.74 Å². The van der Waals surface area contributed by atoms with Crippen LogP contribution in [0.25, 0.3) is 0 Å². The van der Waals surface area contributed by atoms with Gasteiger partial charge in [0.1, 0.15) is 18.8 Å². The molecule has 35 heavy (non-hydrogen) atoms. The fraction of sp³-hybridized carbons (Fsp3) is 0.107. The van der Waals surface area contributed by atoms with Gasteiger partial charge in [-0.05, 0) is 28.8 Å². The van der Waals surface area contributed by atoms with Crippen LogP contribution in [0.1, 0.15) is 16.7 Å². The predicted octanol–water partition coefficient (Wildman–Crippen LogP) is 6.44. The van der Waals surface area contributed by atoms with Crippen LogP contribution in [-0.2, 0) is 26.0 Å². The SMILES string of the molecule is O=C(OCc1ccccc1)N(c1ccccc1)C(CO[P+](=O)O)(c1ccccc1)c1ccccc1. The molecule has 0 fully saturated rings. The minimum atomic E-state index is -2.93. The van der Waals surface area contributed by atoms with Gasteiger partial charge in [0.2, 0.25) is 0 Å². The van der Waals surface area contributed by atoms with Gasteiger partial charge in [0.25, 0.3) is 0 Å². The molecule has 1 unspecified atom stereocenters. The van der Waals surface area contributed by atoms with E-state index in [1.54, 1.807) is 12.1 Å². The normalized spacial score (nSPS) is 11.5. The van der Waals surface area contributed by atoms with E-state index < -0.39 is 19.9 Å². The van der Waals surface area contributed by atoms with E-state index in [0.717, 1.165) is 5.56 Å². The third kappa shape index (κ3) is 5.64. The molecule has 0 heterocycles. The summed E-state index contributed by atoms with van der Waals surface area (Å²) in [6.07, 6.45) is -0.621. The molecule has 0 saturated heterocycles. The second-order valence-corrected chi connectivity index (χ2v) is 8.55. The van der Waals surface area contributed by atoms with Crippen LogP contribution in [0.2, 0.25) is 0 Å². The number of carbonyl (C=O) groups is 1. The Morgan fingerprint density at radius 1 is 0.743 bits per heavy atom. The second-order valence-electron chi connectivity index (χ2n) is 7.81. The van der Waals surface area contributed by atoms with E-state index in [1.807, 2.05) is 109 Å². The smallest absolute Gasteiger partial charge is 0.444 e. The molecule has 1 atom stereocenters. The summed E-state index contributed by atoms with van der Waals surface area (Å²) < 4.78 is 22.9. The van der Waals surface area contributed by atoms with Crippen LogP contribution in [0.3, 0.4) is 0 Å². The lowest BCUT2D eigenvalue weighted by atomic mass is 9.81. The Labute approximate surface area is 205 Å². The molecule has 1 amide bonds. The zero-order valence-corrected chi connectivity index (χ0v) is 19.8. The maximum absolute atomic E-state index is 13.9. The van der Waals surface area contributed by atoms with Crippen LogP contribution in [0.4, 0.5) is 10.5 Å². The van der Waals surface area contributed by atoms with Crippen molar-refractivity contribution in [2.45, 2.75) is 12.1 Å². The summed E-state index contributed by atoms with van der Waals surface area (Å²) in [6, 6.07) is 37.1. The van der Waals surface area contributed by atoms with Crippen LogP contribution >= 0.6 is 8.25 Å². The largest absolute Gasteiger partial charge is 0.694 e. The van der Waals surface area contributed by atoms with Crippen LogP contribution in [0.5, 0.6) is 0 Å². The highest BCUT2D eigenvalue weighted by Gasteiger charge is 2.47. The van der Waals surface area contributed by atoms with E-state index in [9.17, 15) is 14.3 Å². The molecule has 4 aromatic rings. The molecule has 0 saturated carbocycles. The molecule has 0 aliphatic carbocycles. The summed E-state index contributed by atoms with van der Waals surface area (Å²) in [7, 11) is -2.93. The van der Waals surface area contributed by atoms with Gasteiger partial charge in [-0.15, -0.1) is 9.42 Å². The topological polar surface area (TPSA) is 76.1 Å². The van der Waals surface area contributed by atoms with Gasteiger partial charge in [-0.25, -0.2) is 4.79 Å². The summed E-state index contributed by atoms with van der Waals surface area (Å²) in [5.74, 6) is 0. The Kier molecular flexibility index (Phi) is 8.01. The van der Waals surface area contributed by atoms with Gasteiger partial charge in [-0.3, -0.25) is 4.90 Å². The van der Waals surface area contributed by atoms with Crippen molar-refractivity contribution in [3.63, 3.8) is 0 Å². The summed E-state index contributed by atoms with van der Waals surface area (Å²) in [4.78, 5) is 25.0. The number of carbonyl (C=O) groups excluding carboxylic acids is 1. The summed E-state index contributed by atoms with van der Waals surface area (Å²) >= 11 is 0. The third-order valence-electron chi connectivity index (χ3n) is 5.67. The lowest BCUT2D eigenvalue weighted by molar-refractivity contribution is 0.133. The van der Waals surface area contributed by atoms with Gasteiger partial charge in [-0.2, -0.15) is 0 Å². The van der Waals surface area contributed by atoms with Crippen molar-refractivity contribution < 1.29 is 23.5 Å². The molecule has 0 bridgehead atoms. The maximum atomic E-state index is 13.9. The highest BCUT2D eigenvalue weighted by Crippen LogP contribution is 2.42. The molecule has 0 aliphatic heterocycles. The number of anilines is 1. The Morgan fingerprint density at radius 2 is 1.20 bits per heavy atom. The van der Waals surface area contributed by atoms with Crippen molar-refractivity contribution in [2.24, 2.45) is 0 Å². The minimum Gasteiger partial charge on any atom is -0.444 e. The molecule has 4 rings (SSSR count). The van der Waals surface area contributed by atoms with Gasteiger partial charge in [0.15, 0.2) is 0 Å². The Bertz CT molecular complexity index is 1200. The van der Waals surface area contributed by atoms with Gasteiger partial charge in [0.05, 0.1) is 0 Å². The van der Waals surface area contributed by atoms with Crippen molar-refractivity contribution in [1.82, 2.24) is 0 Å². The zero-order valence-electron chi connectivity index (χ0n) is 18.9. The van der Waals surface area contributed by atoms with E-state index in [4.69, 9.17) is 9.26 Å². The van der Waals surface area contributed by atoms with Crippen molar-refractivity contribution in [3.05, 3.63) is 138 Å². The molecule has 4 aromatic carbocycles. The monoisotopic (exact) mass is 486 g/mol. The molecule has 0 aromatic heterocycles. The van der Waals surface area contributed by atoms with E-state index >= 15 is 0 Å². The number of rotatable bonds is 9. The number of hydrogen-bond donors (Lipinski definition) is 1. The maximum Gasteiger partial charge on any atom is 0.694 e. The number of para-hydroxylation sites is 1. The number of amides is 1. The number of hydrogen-bond acceptors (Lipinski definition) is 4. The molecule has 6 nitrogen and oxygen atoms in total. The average molecular weight is 486 g/mol. The first-order valence-electron chi connectivity index (χ1n) is 11.1. The summed E-state index contributed by atoms with van der Waals surface area (Å²) in [5, 5.41) is 0. The van der Waals surface area contributed by atoms with Crippen LogP contribution in [0, 0.1) is 0 Å². The summed E-state index contributed by atoms with van der Waals surface area (Å²) in [5.41, 5.74) is 1.49. The standard InChI is InChI=1S/C28H24NO5P/c30-27(33-21-23-13-5-1-6-14-23)29(26-19-11-4-12-20-26)28(22-34-35(31)32,24-15-7-2-8-16-24)25-17-9-3-10-18-25/h1-20H,21-22H2/p+1. The van der Waals surface area contributed by atoms with Gasteiger partial charge in [-0.1, -0.05) is 109 Å². The van der Waals surface area contributed by atoms with Crippen LogP contribution in [-0.4, -0.2) is 17.6 Å². The minimum absolute atomic E-state index is 0.0672. The first kappa shape index (κ1) is 24.3. The molecule has 0 spiro atoms. The quantitative estimate of drug-likeness (QED) is 0.276. The lowest BCUT2D eigenvalue weighted by Gasteiger charge is -2.42. The number of benzene rings is 4. The van der Waals surface area contributed by atoms with Crippen LogP contribution in [0.15, 0.2) is 121 Å². The molecule has 0 radical (unpaired) electrons. The highest BCUT2D eigenvalue weighted by atomic mass is 31.1. The third-order valence-corrected chi connectivity index (χ3v) is 6.02. The average Bonchev–Trinajstić information content (AvgIpc) is 2.92. The molecular formula is C28H25NO5P+. The first-order chi connectivity index (χ1) is 17.1. The molecule has 1 N–H and O–H groups in total. The Morgan fingerprint density at radius 3 is 1.69 bits per heavy atom. The first-order valence-corrected chi connectivity index (χ1v) is 12.2. The van der Waals surface area contributed by atoms with Gasteiger partial charge >= 0.3 is 14.3 Å². The van der Waals surface area contributed by atoms with Crippen molar-refractivity contribution in [1.29, 1.82) is 0 Å². The van der Waals surface area contributed by atoms with E-state index in [-0.39, 0.29) is 13.2 Å². The van der Waals surface area contributed by atoms with Crippen molar-refractivity contribution >= 4 is 20.0 Å². The molecule has 7 heteroatoms. The van der Waals surface area contributed by atoms with E-state index in [2.05, 4.69) is 0 Å². The number of nitrogens with zero attached hydrogens (tertiary/aromatic N) is 1. The molecule has 0 aliphatic rings. The van der Waals surface area contributed by atoms with E-state index in [1.165, 1.54) is 4.90 Å². The highest BCUT2D eigenvalue weighted by molar-refractivity contribution is 7.32. The van der Waals surface area contributed by atoms with Gasteiger partial charge in [0, 0.05) is 10.3 Å². The van der Waals surface area contributed by atoms with Crippen molar-refractivity contribution in [3.8, 4) is 0 Å². The number of ether oxygens (including phenoxy) is 1. The zero-order chi connectivity index (χ0) is 24.5. The Hall–Kier alpha value is -3.83. The van der Waals surface area contributed by atoms with E-state index in [0.29, 0.717) is 16.8 Å². The fourth-order valence-corrected chi connectivity index (χ4v) is 4.37. The molecule has 176 valence electrons.